The molecule has 0 aromatic heterocycles. The highest BCUT2D eigenvalue weighted by atomic mass is 35.5. The summed E-state index contributed by atoms with van der Waals surface area (Å²) in [5.74, 6) is -0.693. The van der Waals surface area contributed by atoms with E-state index in [1.807, 2.05) is 0 Å². The van der Waals surface area contributed by atoms with E-state index >= 15 is 0 Å². The molecule has 1 aliphatic rings. The summed E-state index contributed by atoms with van der Waals surface area (Å²) in [5.41, 5.74) is 0.698. The lowest BCUT2D eigenvalue weighted by Gasteiger charge is -2.13. The molecule has 1 atom stereocenters. The van der Waals surface area contributed by atoms with E-state index in [2.05, 4.69) is 5.32 Å². The smallest absolute Gasteiger partial charge is 0.311 e. The second-order valence-corrected chi connectivity index (χ2v) is 5.09. The lowest BCUT2D eigenvalue weighted by atomic mass is 10.1. The average molecular weight is 282 g/mol. The van der Waals surface area contributed by atoms with E-state index in [4.69, 9.17) is 16.3 Å². The standard InChI is InChI=1S/C14H16ClNO3/c1-9(14(18)16-11-6-7-11)19-13(17)8-10-4-2-3-5-12(10)15/h2-5,9,11H,6-8H2,1H3,(H,16,18)/t9-/m0/s1. The molecule has 102 valence electrons. The van der Waals surface area contributed by atoms with E-state index < -0.39 is 12.1 Å². The van der Waals surface area contributed by atoms with Crippen LogP contribution in [0.4, 0.5) is 0 Å². The van der Waals surface area contributed by atoms with E-state index in [1.54, 1.807) is 31.2 Å². The molecule has 1 aromatic rings. The molecular formula is C14H16ClNO3. The van der Waals surface area contributed by atoms with E-state index in [9.17, 15) is 9.59 Å². The third-order valence-corrected chi connectivity index (χ3v) is 3.26. The minimum absolute atomic E-state index is 0.0702. The maximum atomic E-state index is 11.7. The van der Waals surface area contributed by atoms with Crippen LogP contribution in [0.15, 0.2) is 24.3 Å². The van der Waals surface area contributed by atoms with Crippen LogP contribution in [-0.4, -0.2) is 24.0 Å². The van der Waals surface area contributed by atoms with Crippen molar-refractivity contribution in [1.29, 1.82) is 0 Å². The van der Waals surface area contributed by atoms with Gasteiger partial charge in [-0.25, -0.2) is 0 Å². The van der Waals surface area contributed by atoms with Crippen molar-refractivity contribution in [3.63, 3.8) is 0 Å². The Kier molecular flexibility index (Phi) is 4.43. The largest absolute Gasteiger partial charge is 0.452 e. The molecule has 1 amide bonds. The minimum atomic E-state index is -0.768. The molecule has 1 aromatic carbocycles. The predicted molar refractivity (Wildman–Crippen MR) is 71.9 cm³/mol. The first-order valence-corrected chi connectivity index (χ1v) is 6.67. The van der Waals surface area contributed by atoms with Crippen molar-refractivity contribution in [2.75, 3.05) is 0 Å². The zero-order chi connectivity index (χ0) is 13.8. The van der Waals surface area contributed by atoms with Crippen LogP contribution < -0.4 is 5.32 Å². The lowest BCUT2D eigenvalue weighted by molar-refractivity contribution is -0.154. The number of carbonyl (C=O) groups excluding carboxylic acids is 2. The number of halogens is 1. The van der Waals surface area contributed by atoms with Crippen LogP contribution in [0, 0.1) is 0 Å². The summed E-state index contributed by atoms with van der Waals surface area (Å²) < 4.78 is 5.09. The molecule has 0 saturated heterocycles. The van der Waals surface area contributed by atoms with Crippen LogP contribution in [-0.2, 0) is 20.7 Å². The molecule has 0 spiro atoms. The van der Waals surface area contributed by atoms with Crippen molar-refractivity contribution in [2.45, 2.75) is 38.3 Å². The molecule has 0 unspecified atom stereocenters. The first-order chi connectivity index (χ1) is 9.06. The van der Waals surface area contributed by atoms with E-state index in [0.717, 1.165) is 12.8 Å². The topological polar surface area (TPSA) is 55.4 Å². The maximum absolute atomic E-state index is 11.7. The predicted octanol–water partition coefficient (Wildman–Crippen LogP) is 2.09. The third kappa shape index (κ3) is 4.24. The fraction of sp³-hybridized carbons (Fsp3) is 0.429. The van der Waals surface area contributed by atoms with Gasteiger partial charge in [-0.1, -0.05) is 29.8 Å². The highest BCUT2D eigenvalue weighted by molar-refractivity contribution is 6.31. The van der Waals surface area contributed by atoms with E-state index in [1.165, 1.54) is 0 Å². The van der Waals surface area contributed by atoms with Gasteiger partial charge in [0, 0.05) is 11.1 Å². The summed E-state index contributed by atoms with van der Waals surface area (Å²) in [7, 11) is 0. The molecule has 2 rings (SSSR count). The van der Waals surface area contributed by atoms with Crippen molar-refractivity contribution in [2.24, 2.45) is 0 Å². The number of benzene rings is 1. The van der Waals surface area contributed by atoms with Crippen LogP contribution in [0.25, 0.3) is 0 Å². The zero-order valence-corrected chi connectivity index (χ0v) is 11.4. The summed E-state index contributed by atoms with van der Waals surface area (Å²) >= 11 is 5.96. The van der Waals surface area contributed by atoms with Gasteiger partial charge in [-0.3, -0.25) is 9.59 Å². The maximum Gasteiger partial charge on any atom is 0.311 e. The zero-order valence-electron chi connectivity index (χ0n) is 10.7. The molecular weight excluding hydrogens is 266 g/mol. The number of amides is 1. The first kappa shape index (κ1) is 13.9. The van der Waals surface area contributed by atoms with Crippen molar-refractivity contribution in [1.82, 2.24) is 5.32 Å². The molecule has 5 heteroatoms. The monoisotopic (exact) mass is 281 g/mol. The molecule has 1 N–H and O–H groups in total. The summed E-state index contributed by atoms with van der Waals surface area (Å²) in [6.07, 6.45) is 1.31. The number of ether oxygens (including phenoxy) is 1. The van der Waals surface area contributed by atoms with Crippen molar-refractivity contribution < 1.29 is 14.3 Å². The Bertz CT molecular complexity index is 485. The SMILES string of the molecule is C[C@H](OC(=O)Cc1ccccc1Cl)C(=O)NC1CC1. The summed E-state index contributed by atoms with van der Waals surface area (Å²) in [6, 6.07) is 7.34. The molecule has 1 saturated carbocycles. The fourth-order valence-corrected chi connectivity index (χ4v) is 1.84. The van der Waals surface area contributed by atoms with Crippen LogP contribution in [0.2, 0.25) is 5.02 Å². The van der Waals surface area contributed by atoms with Crippen molar-refractivity contribution >= 4 is 23.5 Å². The number of carbonyl (C=O) groups is 2. The lowest BCUT2D eigenvalue weighted by Crippen LogP contribution is -2.37. The van der Waals surface area contributed by atoms with Crippen LogP contribution in [0.1, 0.15) is 25.3 Å². The molecule has 0 aliphatic heterocycles. The molecule has 19 heavy (non-hydrogen) atoms. The van der Waals surface area contributed by atoms with Gasteiger partial charge in [-0.2, -0.15) is 0 Å². The van der Waals surface area contributed by atoms with Crippen LogP contribution >= 0.6 is 11.6 Å². The van der Waals surface area contributed by atoms with Crippen molar-refractivity contribution in [3.05, 3.63) is 34.9 Å². The Morgan fingerprint density at radius 2 is 2.11 bits per heavy atom. The van der Waals surface area contributed by atoms with Gasteiger partial charge in [0.2, 0.25) is 0 Å². The Balaban J connectivity index is 1.83. The number of hydrogen-bond acceptors (Lipinski definition) is 3. The Hall–Kier alpha value is -1.55. The minimum Gasteiger partial charge on any atom is -0.452 e. The highest BCUT2D eigenvalue weighted by Gasteiger charge is 2.27. The van der Waals surface area contributed by atoms with Crippen molar-refractivity contribution in [3.8, 4) is 0 Å². The Morgan fingerprint density at radius 3 is 2.74 bits per heavy atom. The summed E-state index contributed by atoms with van der Waals surface area (Å²) in [6.45, 7) is 1.57. The van der Waals surface area contributed by atoms with E-state index in [-0.39, 0.29) is 18.4 Å². The number of hydrogen-bond donors (Lipinski definition) is 1. The van der Waals surface area contributed by atoms with Gasteiger partial charge in [0.15, 0.2) is 6.10 Å². The molecule has 1 fully saturated rings. The molecule has 1 aliphatic carbocycles. The fourth-order valence-electron chi connectivity index (χ4n) is 1.64. The molecule has 4 nitrogen and oxygen atoms in total. The van der Waals surface area contributed by atoms with Gasteiger partial charge in [-0.05, 0) is 31.4 Å². The van der Waals surface area contributed by atoms with Gasteiger partial charge in [-0.15, -0.1) is 0 Å². The average Bonchev–Trinajstić information content (AvgIpc) is 3.16. The Labute approximate surface area is 117 Å². The van der Waals surface area contributed by atoms with Crippen LogP contribution in [0.3, 0.4) is 0 Å². The molecule has 0 radical (unpaired) electrons. The van der Waals surface area contributed by atoms with Gasteiger partial charge < -0.3 is 10.1 Å². The van der Waals surface area contributed by atoms with Gasteiger partial charge >= 0.3 is 5.97 Å². The second kappa shape index (κ2) is 6.06. The quantitative estimate of drug-likeness (QED) is 0.841. The second-order valence-electron chi connectivity index (χ2n) is 4.68. The van der Waals surface area contributed by atoms with Gasteiger partial charge in [0.25, 0.3) is 5.91 Å². The van der Waals surface area contributed by atoms with E-state index in [0.29, 0.717) is 10.6 Å². The normalized spacial score (nSPS) is 15.7. The number of nitrogens with one attached hydrogen (secondary N) is 1. The molecule has 0 heterocycles. The third-order valence-electron chi connectivity index (χ3n) is 2.89. The van der Waals surface area contributed by atoms with Gasteiger partial charge in [0.05, 0.1) is 6.42 Å². The van der Waals surface area contributed by atoms with Gasteiger partial charge in [0.1, 0.15) is 0 Å². The highest BCUT2D eigenvalue weighted by Crippen LogP contribution is 2.19. The summed E-state index contributed by atoms with van der Waals surface area (Å²) in [4.78, 5) is 23.4. The first-order valence-electron chi connectivity index (χ1n) is 6.29. The molecule has 0 bridgehead atoms. The summed E-state index contributed by atoms with van der Waals surface area (Å²) in [5, 5.41) is 3.31. The number of rotatable bonds is 5. The number of esters is 1. The van der Waals surface area contributed by atoms with Crippen LogP contribution in [0.5, 0.6) is 0 Å². The Morgan fingerprint density at radius 1 is 1.42 bits per heavy atom.